The zero-order valence-electron chi connectivity index (χ0n) is 21.5. The van der Waals surface area contributed by atoms with E-state index in [1.54, 1.807) is 62.4 Å². The topological polar surface area (TPSA) is 124 Å². The summed E-state index contributed by atoms with van der Waals surface area (Å²) in [6.45, 7) is 6.02. The molecule has 0 saturated carbocycles. The molecule has 39 heavy (non-hydrogen) atoms. The standard InChI is InChI=1S/C28H23N3O7S/c1-5-37-27(36)21-14(2)29-28-31(23(21)17-10-12-18(13-11-17)38-16(4)33)26(35)24(39-28)22-19-8-6-7-9-20(19)30(15(3)32)25(22)34/h6-13,23H,5H2,1-4H3/b24-22-. The molecule has 0 N–H and O–H groups in total. The van der Waals surface area contributed by atoms with Gasteiger partial charge in [-0.15, -0.1) is 0 Å². The van der Waals surface area contributed by atoms with Gasteiger partial charge in [0.1, 0.15) is 10.3 Å². The fourth-order valence-corrected chi connectivity index (χ4v) is 5.93. The number of hydrogen-bond acceptors (Lipinski definition) is 9. The molecule has 10 nitrogen and oxygen atoms in total. The summed E-state index contributed by atoms with van der Waals surface area (Å²) in [5, 5.41) is 0. The Labute approximate surface area is 226 Å². The maximum absolute atomic E-state index is 14.1. The molecule has 198 valence electrons. The smallest absolute Gasteiger partial charge is 0.338 e. The third-order valence-corrected chi connectivity index (χ3v) is 7.38. The molecule has 0 radical (unpaired) electrons. The SMILES string of the molecule is CCOC(=O)C1=C(C)N=c2s/c(=C3\C(=O)N(C(C)=O)c4ccccc43)c(=O)n2C1c1ccc(OC(C)=O)cc1. The minimum Gasteiger partial charge on any atom is -0.463 e. The maximum atomic E-state index is 14.1. The highest BCUT2D eigenvalue weighted by Gasteiger charge is 2.38. The minimum atomic E-state index is -0.920. The molecule has 0 fully saturated rings. The molecule has 1 unspecified atom stereocenters. The van der Waals surface area contributed by atoms with Crippen molar-refractivity contribution in [2.45, 2.75) is 33.7 Å². The molecule has 3 aromatic rings. The van der Waals surface area contributed by atoms with Crippen molar-refractivity contribution in [3.8, 4) is 5.75 Å². The second-order valence-corrected chi connectivity index (χ2v) is 9.81. The number of carbonyl (C=O) groups is 4. The van der Waals surface area contributed by atoms with Gasteiger partial charge < -0.3 is 9.47 Å². The number of anilines is 1. The number of aromatic nitrogens is 1. The molecule has 0 aliphatic carbocycles. The largest absolute Gasteiger partial charge is 0.463 e. The van der Waals surface area contributed by atoms with Crippen LogP contribution in [0.4, 0.5) is 5.69 Å². The number of amides is 2. The van der Waals surface area contributed by atoms with E-state index in [0.29, 0.717) is 28.3 Å². The molecule has 3 heterocycles. The summed E-state index contributed by atoms with van der Waals surface area (Å²) in [7, 11) is 0. The van der Waals surface area contributed by atoms with Gasteiger partial charge in [0.25, 0.3) is 11.5 Å². The predicted octanol–water partition coefficient (Wildman–Crippen LogP) is 1.99. The van der Waals surface area contributed by atoms with Crippen LogP contribution >= 0.6 is 11.3 Å². The van der Waals surface area contributed by atoms with Gasteiger partial charge in [-0.25, -0.2) is 14.7 Å². The van der Waals surface area contributed by atoms with Crippen molar-refractivity contribution in [2.75, 3.05) is 11.5 Å². The summed E-state index contributed by atoms with van der Waals surface area (Å²) in [4.78, 5) is 70.2. The number of esters is 2. The Bertz CT molecular complexity index is 1780. The van der Waals surface area contributed by atoms with Crippen LogP contribution in [0.25, 0.3) is 5.57 Å². The first-order valence-corrected chi connectivity index (χ1v) is 12.9. The van der Waals surface area contributed by atoms with Crippen molar-refractivity contribution in [3.05, 3.63) is 90.6 Å². The van der Waals surface area contributed by atoms with Crippen LogP contribution in [0.2, 0.25) is 0 Å². The number of ether oxygens (including phenoxy) is 2. The number of carbonyl (C=O) groups excluding carboxylic acids is 4. The van der Waals surface area contributed by atoms with Crippen LogP contribution in [0, 0.1) is 0 Å². The summed E-state index contributed by atoms with van der Waals surface area (Å²) in [6, 6.07) is 12.3. The Balaban J connectivity index is 1.78. The van der Waals surface area contributed by atoms with Crippen molar-refractivity contribution < 1.29 is 28.7 Å². The van der Waals surface area contributed by atoms with Crippen molar-refractivity contribution in [1.29, 1.82) is 0 Å². The van der Waals surface area contributed by atoms with Gasteiger partial charge in [-0.05, 0) is 37.6 Å². The maximum Gasteiger partial charge on any atom is 0.338 e. The van der Waals surface area contributed by atoms with Gasteiger partial charge >= 0.3 is 11.9 Å². The van der Waals surface area contributed by atoms with Gasteiger partial charge in [-0.3, -0.25) is 23.7 Å². The zero-order chi connectivity index (χ0) is 28.0. The predicted molar refractivity (Wildman–Crippen MR) is 142 cm³/mol. The first-order valence-electron chi connectivity index (χ1n) is 12.1. The number of para-hydroxylation sites is 1. The van der Waals surface area contributed by atoms with Crippen molar-refractivity contribution in [3.63, 3.8) is 0 Å². The Hall–Kier alpha value is -4.64. The number of benzene rings is 2. The second-order valence-electron chi connectivity index (χ2n) is 8.84. The Morgan fingerprint density at radius 2 is 1.72 bits per heavy atom. The number of allylic oxidation sites excluding steroid dienone is 1. The normalized spacial score (nSPS) is 17.4. The molecule has 2 aliphatic rings. The van der Waals surface area contributed by atoms with Gasteiger partial charge in [0, 0.05) is 19.4 Å². The molecule has 0 spiro atoms. The third kappa shape index (κ3) is 4.30. The molecule has 0 bridgehead atoms. The van der Waals surface area contributed by atoms with E-state index < -0.39 is 35.4 Å². The highest BCUT2D eigenvalue weighted by atomic mass is 32.1. The average molecular weight is 546 g/mol. The van der Waals surface area contributed by atoms with Crippen molar-refractivity contribution >= 4 is 46.4 Å². The number of imide groups is 1. The van der Waals surface area contributed by atoms with E-state index >= 15 is 0 Å². The molecule has 11 heteroatoms. The van der Waals surface area contributed by atoms with Crippen LogP contribution in [0.1, 0.15) is 44.9 Å². The number of rotatable bonds is 4. The highest BCUT2D eigenvalue weighted by Crippen LogP contribution is 2.36. The lowest BCUT2D eigenvalue weighted by Gasteiger charge is -2.24. The molecule has 1 atom stereocenters. The highest BCUT2D eigenvalue weighted by molar-refractivity contribution is 7.07. The van der Waals surface area contributed by atoms with Gasteiger partial charge in [-0.1, -0.05) is 41.7 Å². The number of fused-ring (bicyclic) bond motifs is 2. The molecular formula is C28H23N3O7S. The van der Waals surface area contributed by atoms with Crippen LogP contribution in [-0.4, -0.2) is 34.9 Å². The fraction of sp³-hybridized carbons (Fsp3) is 0.214. The first kappa shape index (κ1) is 26.0. The summed E-state index contributed by atoms with van der Waals surface area (Å²) in [5.74, 6) is -1.88. The molecule has 0 saturated heterocycles. The molecule has 2 aliphatic heterocycles. The van der Waals surface area contributed by atoms with E-state index in [1.807, 2.05) is 0 Å². The molecule has 2 amide bonds. The van der Waals surface area contributed by atoms with Crippen molar-refractivity contribution in [1.82, 2.24) is 4.57 Å². The lowest BCUT2D eigenvalue weighted by atomic mass is 9.96. The lowest BCUT2D eigenvalue weighted by molar-refractivity contribution is -0.139. The molecule has 5 rings (SSSR count). The van der Waals surface area contributed by atoms with Gasteiger partial charge in [-0.2, -0.15) is 0 Å². The van der Waals surface area contributed by atoms with Crippen LogP contribution in [0.3, 0.4) is 0 Å². The van der Waals surface area contributed by atoms with Crippen LogP contribution < -0.4 is 24.5 Å². The Kier molecular flexibility index (Phi) is 6.61. The molecule has 2 aromatic carbocycles. The fourth-order valence-electron chi connectivity index (χ4n) is 4.79. The Morgan fingerprint density at radius 1 is 1.03 bits per heavy atom. The van der Waals surface area contributed by atoms with Crippen LogP contribution in [0.15, 0.2) is 69.6 Å². The summed E-state index contributed by atoms with van der Waals surface area (Å²) < 4.78 is 11.9. The summed E-state index contributed by atoms with van der Waals surface area (Å²) >= 11 is 1.01. The average Bonchev–Trinajstić information content (AvgIpc) is 3.35. The zero-order valence-corrected chi connectivity index (χ0v) is 22.3. The lowest BCUT2D eigenvalue weighted by Crippen LogP contribution is -2.41. The minimum absolute atomic E-state index is 0.104. The first-order chi connectivity index (χ1) is 18.6. The van der Waals surface area contributed by atoms with E-state index in [1.165, 1.54) is 18.4 Å². The van der Waals surface area contributed by atoms with Gasteiger partial charge in [0.2, 0.25) is 5.91 Å². The van der Waals surface area contributed by atoms with Crippen molar-refractivity contribution in [2.24, 2.45) is 4.99 Å². The molecule has 1 aromatic heterocycles. The van der Waals surface area contributed by atoms with Crippen LogP contribution in [0.5, 0.6) is 5.75 Å². The number of hydrogen-bond donors (Lipinski definition) is 0. The Morgan fingerprint density at radius 3 is 2.36 bits per heavy atom. The van der Waals surface area contributed by atoms with Gasteiger partial charge in [0.05, 0.1) is 35.2 Å². The van der Waals surface area contributed by atoms with E-state index in [4.69, 9.17) is 9.47 Å². The molecular weight excluding hydrogens is 522 g/mol. The number of nitrogens with zero attached hydrogens (tertiary/aromatic N) is 3. The van der Waals surface area contributed by atoms with E-state index in [9.17, 15) is 24.0 Å². The van der Waals surface area contributed by atoms with E-state index in [-0.39, 0.29) is 27.1 Å². The quantitative estimate of drug-likeness (QED) is 0.363. The van der Waals surface area contributed by atoms with Gasteiger partial charge in [0.15, 0.2) is 4.80 Å². The second kappa shape index (κ2) is 9.91. The monoisotopic (exact) mass is 545 g/mol. The third-order valence-electron chi connectivity index (χ3n) is 6.32. The summed E-state index contributed by atoms with van der Waals surface area (Å²) in [5.41, 5.74) is 1.51. The van der Waals surface area contributed by atoms with E-state index in [0.717, 1.165) is 16.2 Å². The summed E-state index contributed by atoms with van der Waals surface area (Å²) in [6.07, 6.45) is 0. The number of thiazole rings is 1. The van der Waals surface area contributed by atoms with E-state index in [2.05, 4.69) is 4.99 Å². The van der Waals surface area contributed by atoms with Crippen LogP contribution in [-0.2, 0) is 23.9 Å².